The Hall–Kier alpha value is -2.30. The van der Waals surface area contributed by atoms with Gasteiger partial charge >= 0.3 is 0 Å². The zero-order chi connectivity index (χ0) is 19.3. The van der Waals surface area contributed by atoms with Gasteiger partial charge in [0.05, 0.1) is 19.6 Å². The molecular formula is C16H19N3O5S2. The number of unbranched alkanes of at least 4 members (excludes halogenated alkanes) is 1. The number of hydrogen-bond acceptors (Lipinski definition) is 6. The number of aryl methyl sites for hydroxylation is 1. The van der Waals surface area contributed by atoms with E-state index in [-0.39, 0.29) is 15.5 Å². The van der Waals surface area contributed by atoms with E-state index in [0.717, 1.165) is 24.2 Å². The first-order chi connectivity index (χ1) is 12.2. The lowest BCUT2D eigenvalue weighted by atomic mass is 10.3. The number of sulfonamides is 1. The summed E-state index contributed by atoms with van der Waals surface area (Å²) < 4.78 is 27.0. The zero-order valence-corrected chi connectivity index (χ0v) is 15.9. The fourth-order valence-electron chi connectivity index (χ4n) is 2.17. The van der Waals surface area contributed by atoms with Crippen LogP contribution in [0.5, 0.6) is 0 Å². The van der Waals surface area contributed by atoms with Crippen LogP contribution in [0.3, 0.4) is 0 Å². The maximum absolute atomic E-state index is 12.3. The Bertz CT molecular complexity index is 922. The van der Waals surface area contributed by atoms with Gasteiger partial charge < -0.3 is 5.32 Å². The molecule has 0 aliphatic carbocycles. The van der Waals surface area contributed by atoms with Crippen LogP contribution >= 0.6 is 11.3 Å². The minimum Gasteiger partial charge on any atom is -0.321 e. The highest BCUT2D eigenvalue weighted by molar-refractivity contribution is 7.89. The smallest absolute Gasteiger partial charge is 0.283 e. The van der Waals surface area contributed by atoms with Gasteiger partial charge in [-0.05, 0) is 31.5 Å². The van der Waals surface area contributed by atoms with Crippen LogP contribution in [0.25, 0.3) is 0 Å². The summed E-state index contributed by atoms with van der Waals surface area (Å²) in [5.41, 5.74) is 0.179. The quantitative estimate of drug-likeness (QED) is 0.402. The van der Waals surface area contributed by atoms with Gasteiger partial charge in [0.15, 0.2) is 0 Å². The van der Waals surface area contributed by atoms with Crippen molar-refractivity contribution in [1.82, 2.24) is 4.72 Å². The Balaban J connectivity index is 2.16. The molecule has 10 heteroatoms. The van der Waals surface area contributed by atoms with Gasteiger partial charge in [-0.1, -0.05) is 19.4 Å². The monoisotopic (exact) mass is 397 g/mol. The molecule has 0 saturated heterocycles. The molecule has 0 atom stereocenters. The molecule has 1 heterocycles. The van der Waals surface area contributed by atoms with Gasteiger partial charge in [0, 0.05) is 18.3 Å². The zero-order valence-electron chi connectivity index (χ0n) is 14.3. The average molecular weight is 397 g/mol. The second-order valence-corrected chi connectivity index (χ2v) is 8.57. The Kier molecular flexibility index (Phi) is 6.46. The van der Waals surface area contributed by atoms with Crippen molar-refractivity contribution in [2.24, 2.45) is 0 Å². The molecule has 0 aliphatic rings. The van der Waals surface area contributed by atoms with Crippen LogP contribution in [-0.4, -0.2) is 25.8 Å². The molecular weight excluding hydrogens is 378 g/mol. The molecule has 0 fully saturated rings. The van der Waals surface area contributed by atoms with Crippen LogP contribution in [0.15, 0.2) is 35.2 Å². The summed E-state index contributed by atoms with van der Waals surface area (Å²) in [6.45, 7) is 3.86. The van der Waals surface area contributed by atoms with Crippen molar-refractivity contribution < 1.29 is 18.1 Å². The van der Waals surface area contributed by atoms with Crippen molar-refractivity contribution in [3.05, 3.63) is 50.2 Å². The number of thiophene rings is 1. The lowest BCUT2D eigenvalue weighted by Crippen LogP contribution is -2.24. The standard InChI is InChI=1S/C16H19N3O5S2/c1-3-4-8-17-26(23,24)13-7-5-6-12(9-13)18-16(20)15-10-14(19(21)22)11(2)25-15/h5-7,9-10,17H,3-4,8H2,1-2H3,(H,18,20). The summed E-state index contributed by atoms with van der Waals surface area (Å²) in [5, 5.41) is 13.5. The first-order valence-corrected chi connectivity index (χ1v) is 10.2. The summed E-state index contributed by atoms with van der Waals surface area (Å²) in [6, 6.07) is 7.07. The van der Waals surface area contributed by atoms with Crippen molar-refractivity contribution >= 4 is 38.6 Å². The Labute approximate surface area is 155 Å². The van der Waals surface area contributed by atoms with Crippen molar-refractivity contribution in [2.45, 2.75) is 31.6 Å². The fourth-order valence-corrected chi connectivity index (χ4v) is 4.17. The maximum atomic E-state index is 12.3. The lowest BCUT2D eigenvalue weighted by molar-refractivity contribution is -0.385. The summed E-state index contributed by atoms with van der Waals surface area (Å²) in [4.78, 5) is 23.3. The van der Waals surface area contributed by atoms with Crippen LogP contribution in [0, 0.1) is 17.0 Å². The van der Waals surface area contributed by atoms with E-state index in [0.29, 0.717) is 17.1 Å². The van der Waals surface area contributed by atoms with Gasteiger partial charge in [-0.3, -0.25) is 14.9 Å². The van der Waals surface area contributed by atoms with Crippen LogP contribution in [-0.2, 0) is 10.0 Å². The molecule has 26 heavy (non-hydrogen) atoms. The molecule has 0 radical (unpaired) electrons. The van der Waals surface area contributed by atoms with Gasteiger partial charge in [-0.15, -0.1) is 11.3 Å². The lowest BCUT2D eigenvalue weighted by Gasteiger charge is -2.08. The molecule has 2 rings (SSSR count). The largest absolute Gasteiger partial charge is 0.321 e. The number of carbonyl (C=O) groups is 1. The first kappa shape index (κ1) is 20.0. The predicted molar refractivity (Wildman–Crippen MR) is 100 cm³/mol. The molecule has 0 bridgehead atoms. The number of anilines is 1. The van der Waals surface area contributed by atoms with E-state index < -0.39 is 20.9 Å². The van der Waals surface area contributed by atoms with Gasteiger partial charge in [-0.2, -0.15) is 0 Å². The van der Waals surface area contributed by atoms with E-state index in [4.69, 9.17) is 0 Å². The van der Waals surface area contributed by atoms with Crippen LogP contribution in [0.4, 0.5) is 11.4 Å². The number of benzene rings is 1. The SMILES string of the molecule is CCCCNS(=O)(=O)c1cccc(NC(=O)c2cc([N+](=O)[O-])c(C)s2)c1. The third-order valence-corrected chi connectivity index (χ3v) is 6.03. The molecule has 2 N–H and O–H groups in total. The minimum absolute atomic E-state index is 0.0414. The van der Waals surface area contributed by atoms with Crippen molar-refractivity contribution in [3.63, 3.8) is 0 Å². The van der Waals surface area contributed by atoms with Crippen molar-refractivity contribution in [3.8, 4) is 0 Å². The third-order valence-electron chi connectivity index (χ3n) is 3.54. The van der Waals surface area contributed by atoms with Crippen LogP contribution < -0.4 is 10.0 Å². The second-order valence-electron chi connectivity index (χ2n) is 5.54. The van der Waals surface area contributed by atoms with Gasteiger partial charge in [0.2, 0.25) is 10.0 Å². The third kappa shape index (κ3) is 4.87. The van der Waals surface area contributed by atoms with E-state index in [1.165, 1.54) is 24.3 Å². The molecule has 2 aromatic rings. The number of nitro groups is 1. The van der Waals surface area contributed by atoms with Crippen molar-refractivity contribution in [2.75, 3.05) is 11.9 Å². The summed E-state index contributed by atoms with van der Waals surface area (Å²) >= 11 is 1.01. The first-order valence-electron chi connectivity index (χ1n) is 7.90. The Morgan fingerprint density at radius 2 is 2.04 bits per heavy atom. The molecule has 0 spiro atoms. The molecule has 1 aromatic heterocycles. The van der Waals surface area contributed by atoms with Crippen LogP contribution in [0.2, 0.25) is 0 Å². The highest BCUT2D eigenvalue weighted by Gasteiger charge is 2.20. The summed E-state index contributed by atoms with van der Waals surface area (Å²) in [5.74, 6) is -0.528. The Morgan fingerprint density at radius 3 is 2.65 bits per heavy atom. The summed E-state index contributed by atoms with van der Waals surface area (Å²) in [6.07, 6.45) is 1.59. The minimum atomic E-state index is -3.66. The van der Waals surface area contributed by atoms with Gasteiger partial charge in [-0.25, -0.2) is 13.1 Å². The molecule has 1 aromatic carbocycles. The predicted octanol–water partition coefficient (Wildman–Crippen LogP) is 3.30. The summed E-state index contributed by atoms with van der Waals surface area (Å²) in [7, 11) is -3.66. The van der Waals surface area contributed by atoms with Gasteiger partial charge in [0.1, 0.15) is 0 Å². The Morgan fingerprint density at radius 1 is 1.31 bits per heavy atom. The number of hydrogen-bond donors (Lipinski definition) is 2. The molecule has 8 nitrogen and oxygen atoms in total. The maximum Gasteiger partial charge on any atom is 0.283 e. The topological polar surface area (TPSA) is 118 Å². The average Bonchev–Trinajstić information content (AvgIpc) is 2.97. The number of carbonyl (C=O) groups excluding carboxylic acids is 1. The highest BCUT2D eigenvalue weighted by Crippen LogP contribution is 2.28. The van der Waals surface area contributed by atoms with E-state index in [2.05, 4.69) is 10.0 Å². The van der Waals surface area contributed by atoms with E-state index in [9.17, 15) is 23.3 Å². The molecule has 1 amide bonds. The number of nitrogens with zero attached hydrogens (tertiary/aromatic N) is 1. The number of rotatable bonds is 8. The molecule has 0 unspecified atom stereocenters. The molecule has 0 aliphatic heterocycles. The molecule has 140 valence electrons. The number of amides is 1. The number of nitrogens with one attached hydrogen (secondary N) is 2. The van der Waals surface area contributed by atoms with E-state index >= 15 is 0 Å². The van der Waals surface area contributed by atoms with Crippen molar-refractivity contribution in [1.29, 1.82) is 0 Å². The van der Waals surface area contributed by atoms with Crippen LogP contribution in [0.1, 0.15) is 34.3 Å². The fraction of sp³-hybridized carbons (Fsp3) is 0.312. The van der Waals surface area contributed by atoms with Gasteiger partial charge in [0.25, 0.3) is 11.6 Å². The highest BCUT2D eigenvalue weighted by atomic mass is 32.2. The second kappa shape index (κ2) is 8.39. The van der Waals surface area contributed by atoms with E-state index in [1.807, 2.05) is 6.92 Å². The molecule has 0 saturated carbocycles. The normalized spacial score (nSPS) is 11.3. The van der Waals surface area contributed by atoms with E-state index in [1.54, 1.807) is 13.0 Å².